The van der Waals surface area contributed by atoms with Crippen LogP contribution in [0.1, 0.15) is 56.4 Å². The number of sulfone groups is 2. The van der Waals surface area contributed by atoms with Crippen molar-refractivity contribution < 1.29 is 21.3 Å². The Labute approximate surface area is 197 Å². The van der Waals surface area contributed by atoms with Crippen molar-refractivity contribution in [2.75, 3.05) is 31.1 Å². The van der Waals surface area contributed by atoms with Crippen molar-refractivity contribution in [1.29, 1.82) is 0 Å². The number of rotatable bonds is 8. The number of nitrogens with one attached hydrogen (secondary N) is 1. The molecule has 33 heavy (non-hydrogen) atoms. The number of hydrogen-bond donors (Lipinski definition) is 1. The lowest BCUT2D eigenvalue weighted by Crippen LogP contribution is -2.47. The third-order valence-electron chi connectivity index (χ3n) is 6.85. The molecule has 1 aromatic heterocycles. The fourth-order valence-electron chi connectivity index (χ4n) is 4.91. The zero-order valence-corrected chi connectivity index (χ0v) is 20.9. The lowest BCUT2D eigenvalue weighted by molar-refractivity contribution is 0.141. The minimum atomic E-state index is -3.81. The minimum absolute atomic E-state index is 0.0581. The summed E-state index contributed by atoms with van der Waals surface area (Å²) in [7, 11) is -7.27. The fraction of sp³-hybridized carbons (Fsp3) is 0.583. The highest BCUT2D eigenvalue weighted by Gasteiger charge is 2.46. The molecule has 3 heterocycles. The van der Waals surface area contributed by atoms with Gasteiger partial charge in [-0.3, -0.25) is 4.90 Å². The summed E-state index contributed by atoms with van der Waals surface area (Å²) >= 11 is 0. The van der Waals surface area contributed by atoms with E-state index in [0.29, 0.717) is 6.54 Å². The molecular formula is C24H34N2O5S2. The minimum Gasteiger partial charge on any atom is -0.468 e. The largest absolute Gasteiger partial charge is 0.468 e. The van der Waals surface area contributed by atoms with Crippen molar-refractivity contribution in [2.24, 2.45) is 0 Å². The van der Waals surface area contributed by atoms with Crippen LogP contribution >= 0.6 is 0 Å². The van der Waals surface area contributed by atoms with E-state index in [-0.39, 0.29) is 28.4 Å². The maximum absolute atomic E-state index is 13.5. The van der Waals surface area contributed by atoms with E-state index in [0.717, 1.165) is 37.3 Å². The van der Waals surface area contributed by atoms with Crippen LogP contribution < -0.4 is 5.32 Å². The molecule has 0 spiro atoms. The summed E-state index contributed by atoms with van der Waals surface area (Å²) in [5.41, 5.74) is 1.05. The van der Waals surface area contributed by atoms with E-state index in [1.165, 1.54) is 6.42 Å². The van der Waals surface area contributed by atoms with Gasteiger partial charge < -0.3 is 9.73 Å². The van der Waals surface area contributed by atoms with Crippen molar-refractivity contribution in [1.82, 2.24) is 10.2 Å². The highest BCUT2D eigenvalue weighted by molar-refractivity contribution is 7.96. The second kappa shape index (κ2) is 9.90. The number of piperidine rings is 1. The molecule has 0 radical (unpaired) electrons. The SMILES string of the molecule is CC(C)c1ccc(S(=O)(=O)[C@H]2CS(=O)(=O)C[C@@H]2NCC(c2ccco2)N2CCCCC2)cc1. The highest BCUT2D eigenvalue weighted by atomic mass is 32.2. The molecule has 1 unspecified atom stereocenters. The van der Waals surface area contributed by atoms with E-state index < -0.39 is 31.0 Å². The van der Waals surface area contributed by atoms with Crippen molar-refractivity contribution in [2.45, 2.75) is 61.3 Å². The first-order valence-electron chi connectivity index (χ1n) is 11.7. The number of hydrogen-bond acceptors (Lipinski definition) is 7. The zero-order valence-electron chi connectivity index (χ0n) is 19.3. The second-order valence-electron chi connectivity index (χ2n) is 9.53. The van der Waals surface area contributed by atoms with Crippen LogP contribution in [0.5, 0.6) is 0 Å². The summed E-state index contributed by atoms with van der Waals surface area (Å²) in [6.07, 6.45) is 5.06. The average molecular weight is 495 g/mol. The Balaban J connectivity index is 1.55. The van der Waals surface area contributed by atoms with Gasteiger partial charge in [-0.2, -0.15) is 0 Å². The van der Waals surface area contributed by atoms with E-state index in [4.69, 9.17) is 4.42 Å². The van der Waals surface area contributed by atoms with Gasteiger partial charge in [0.25, 0.3) is 0 Å². The van der Waals surface area contributed by atoms with Gasteiger partial charge in [0.2, 0.25) is 0 Å². The van der Waals surface area contributed by atoms with E-state index in [1.807, 2.05) is 38.1 Å². The van der Waals surface area contributed by atoms with Crippen molar-refractivity contribution in [3.8, 4) is 0 Å². The normalized spacial score (nSPS) is 24.8. The van der Waals surface area contributed by atoms with Crippen molar-refractivity contribution in [3.63, 3.8) is 0 Å². The molecule has 2 saturated heterocycles. The number of benzene rings is 1. The average Bonchev–Trinajstić information content (AvgIpc) is 3.43. The Morgan fingerprint density at radius 3 is 2.36 bits per heavy atom. The molecule has 2 aromatic rings. The Morgan fingerprint density at radius 2 is 1.76 bits per heavy atom. The summed E-state index contributed by atoms with van der Waals surface area (Å²) in [5, 5.41) is 2.31. The number of furan rings is 1. The van der Waals surface area contributed by atoms with Crippen molar-refractivity contribution >= 4 is 19.7 Å². The van der Waals surface area contributed by atoms with Crippen LogP contribution in [-0.2, 0) is 19.7 Å². The first-order chi connectivity index (χ1) is 15.7. The standard InChI is InChI=1S/C24H34N2O5S2/c1-18(2)19-8-10-20(11-9-19)33(29,30)24-17-32(27,28)16-21(24)25-15-22(23-7-6-14-31-23)26-12-4-3-5-13-26/h6-11,14,18,21-22,24-25H,3-5,12-13,15-17H2,1-2H3/t21-,22?,24-/m0/s1. The lowest BCUT2D eigenvalue weighted by atomic mass is 10.0. The van der Waals surface area contributed by atoms with Crippen LogP contribution in [0.4, 0.5) is 0 Å². The van der Waals surface area contributed by atoms with E-state index in [1.54, 1.807) is 18.4 Å². The van der Waals surface area contributed by atoms with Crippen LogP contribution in [0.2, 0.25) is 0 Å². The summed E-state index contributed by atoms with van der Waals surface area (Å²) in [6, 6.07) is 9.89. The van der Waals surface area contributed by atoms with E-state index in [9.17, 15) is 16.8 Å². The summed E-state index contributed by atoms with van der Waals surface area (Å²) in [4.78, 5) is 2.52. The molecule has 2 aliphatic rings. The molecule has 2 aliphatic heterocycles. The van der Waals surface area contributed by atoms with Gasteiger partial charge in [-0.25, -0.2) is 16.8 Å². The molecule has 3 atom stereocenters. The molecule has 1 N–H and O–H groups in total. The van der Waals surface area contributed by atoms with Gasteiger partial charge in [0.15, 0.2) is 19.7 Å². The molecule has 182 valence electrons. The van der Waals surface area contributed by atoms with Crippen LogP contribution in [0.25, 0.3) is 0 Å². The van der Waals surface area contributed by atoms with Crippen LogP contribution in [-0.4, -0.2) is 64.2 Å². The van der Waals surface area contributed by atoms with E-state index >= 15 is 0 Å². The van der Waals surface area contributed by atoms with Gasteiger partial charge in [0.1, 0.15) is 5.76 Å². The van der Waals surface area contributed by atoms with Gasteiger partial charge in [-0.1, -0.05) is 32.4 Å². The second-order valence-corrected chi connectivity index (χ2v) is 13.8. The predicted molar refractivity (Wildman–Crippen MR) is 129 cm³/mol. The molecule has 9 heteroatoms. The smallest absolute Gasteiger partial charge is 0.183 e. The number of likely N-dealkylation sites (tertiary alicyclic amines) is 1. The predicted octanol–water partition coefficient (Wildman–Crippen LogP) is 3.16. The summed E-state index contributed by atoms with van der Waals surface area (Å²) < 4.78 is 57.6. The topological polar surface area (TPSA) is 96.7 Å². The maximum atomic E-state index is 13.5. The lowest BCUT2D eigenvalue weighted by Gasteiger charge is -2.34. The molecule has 4 rings (SSSR count). The molecule has 0 saturated carbocycles. The van der Waals surface area contributed by atoms with E-state index in [2.05, 4.69) is 10.2 Å². The highest BCUT2D eigenvalue weighted by Crippen LogP contribution is 2.29. The zero-order chi connectivity index (χ0) is 23.6. The van der Waals surface area contributed by atoms with Gasteiger partial charge >= 0.3 is 0 Å². The van der Waals surface area contributed by atoms with Crippen LogP contribution in [0.3, 0.4) is 0 Å². The van der Waals surface area contributed by atoms with Gasteiger partial charge in [0, 0.05) is 12.6 Å². The monoisotopic (exact) mass is 494 g/mol. The third kappa shape index (κ3) is 5.53. The number of nitrogens with zero attached hydrogens (tertiary/aromatic N) is 1. The molecular weight excluding hydrogens is 460 g/mol. The molecule has 7 nitrogen and oxygen atoms in total. The molecule has 0 bridgehead atoms. The first kappa shape index (κ1) is 24.4. The molecule has 2 fully saturated rings. The van der Waals surface area contributed by atoms with Crippen molar-refractivity contribution in [3.05, 3.63) is 54.0 Å². The molecule has 0 aliphatic carbocycles. The van der Waals surface area contributed by atoms with Gasteiger partial charge in [-0.15, -0.1) is 0 Å². The third-order valence-corrected chi connectivity index (χ3v) is 11.0. The Hall–Kier alpha value is -1.68. The summed E-state index contributed by atoms with van der Waals surface area (Å²) in [6.45, 7) is 6.42. The van der Waals surface area contributed by atoms with Crippen LogP contribution in [0.15, 0.2) is 52.0 Å². The van der Waals surface area contributed by atoms with Gasteiger partial charge in [0.05, 0.1) is 34.0 Å². The first-order valence-corrected chi connectivity index (χ1v) is 15.1. The molecule has 0 amide bonds. The van der Waals surface area contributed by atoms with Crippen LogP contribution in [0, 0.1) is 0 Å². The van der Waals surface area contributed by atoms with Gasteiger partial charge in [-0.05, 0) is 61.7 Å². The molecule has 1 aromatic carbocycles. The Morgan fingerprint density at radius 1 is 1.06 bits per heavy atom. The summed E-state index contributed by atoms with van der Waals surface area (Å²) in [5.74, 6) is 0.574. The Kier molecular flexibility index (Phi) is 7.33. The quantitative estimate of drug-likeness (QED) is 0.602. The maximum Gasteiger partial charge on any atom is 0.183 e. The Bertz CT molecular complexity index is 1120. The fourth-order valence-corrected chi connectivity index (χ4v) is 9.63.